The van der Waals surface area contributed by atoms with Gasteiger partial charge >= 0.3 is 5.97 Å². The van der Waals surface area contributed by atoms with E-state index in [-0.39, 0.29) is 5.56 Å². The normalized spacial score (nSPS) is 10.4. The lowest BCUT2D eigenvalue weighted by molar-refractivity contribution is 0.0696. The van der Waals surface area contributed by atoms with Gasteiger partial charge < -0.3 is 10.0 Å². The van der Waals surface area contributed by atoms with E-state index in [0.29, 0.717) is 12.2 Å². The first-order valence-electron chi connectivity index (χ1n) is 7.13. The highest BCUT2D eigenvalue weighted by atomic mass is 16.4. The Hall–Kier alpha value is -2.36. The number of hydrogen-bond donors (Lipinski definition) is 1. The lowest BCUT2D eigenvalue weighted by Crippen LogP contribution is -2.18. The molecule has 0 radical (unpaired) electrons. The van der Waals surface area contributed by atoms with E-state index in [1.807, 2.05) is 43.9 Å². The van der Waals surface area contributed by atoms with Gasteiger partial charge in [-0.1, -0.05) is 19.1 Å². The van der Waals surface area contributed by atoms with E-state index >= 15 is 0 Å². The summed E-state index contributed by atoms with van der Waals surface area (Å²) in [6.07, 6.45) is 0.708. The van der Waals surface area contributed by atoms with Gasteiger partial charge in [-0.15, -0.1) is 0 Å². The standard InChI is InChI=1S/C17H20N2O2/c1-4-14-10-13(17(20)21)11-16(18-14)19(5-2)15-8-6-7-12(3)9-15/h6-11H,4-5H2,1-3H3,(H,20,21). The number of aromatic carboxylic acids is 1. The molecule has 0 bridgehead atoms. The summed E-state index contributed by atoms with van der Waals surface area (Å²) in [7, 11) is 0. The minimum absolute atomic E-state index is 0.281. The third-order valence-electron chi connectivity index (χ3n) is 3.38. The summed E-state index contributed by atoms with van der Waals surface area (Å²) >= 11 is 0. The van der Waals surface area contributed by atoms with Gasteiger partial charge in [0.2, 0.25) is 0 Å². The molecule has 1 aromatic carbocycles. The number of anilines is 2. The summed E-state index contributed by atoms with van der Waals surface area (Å²) in [4.78, 5) is 17.9. The molecule has 4 heteroatoms. The van der Waals surface area contributed by atoms with Crippen LogP contribution in [0.15, 0.2) is 36.4 Å². The van der Waals surface area contributed by atoms with E-state index in [9.17, 15) is 9.90 Å². The summed E-state index contributed by atoms with van der Waals surface area (Å²) in [6, 6.07) is 11.4. The fraction of sp³-hybridized carbons (Fsp3) is 0.294. The van der Waals surface area contributed by atoms with Gasteiger partial charge in [0.25, 0.3) is 0 Å². The summed E-state index contributed by atoms with van der Waals surface area (Å²) < 4.78 is 0. The molecule has 0 saturated heterocycles. The van der Waals surface area contributed by atoms with Gasteiger partial charge in [-0.2, -0.15) is 0 Å². The Morgan fingerprint density at radius 1 is 1.24 bits per heavy atom. The van der Waals surface area contributed by atoms with Crippen LogP contribution in [0.5, 0.6) is 0 Å². The molecule has 0 aliphatic carbocycles. The third-order valence-corrected chi connectivity index (χ3v) is 3.38. The van der Waals surface area contributed by atoms with Crippen LogP contribution in [-0.4, -0.2) is 22.6 Å². The van der Waals surface area contributed by atoms with Crippen LogP contribution in [-0.2, 0) is 6.42 Å². The van der Waals surface area contributed by atoms with Crippen molar-refractivity contribution in [3.8, 4) is 0 Å². The van der Waals surface area contributed by atoms with Crippen molar-refractivity contribution in [2.75, 3.05) is 11.4 Å². The highest BCUT2D eigenvalue weighted by Gasteiger charge is 2.13. The first-order valence-corrected chi connectivity index (χ1v) is 7.13. The van der Waals surface area contributed by atoms with Gasteiger partial charge in [0.05, 0.1) is 5.56 Å². The lowest BCUT2D eigenvalue weighted by atomic mass is 10.1. The molecule has 0 saturated carbocycles. The van der Waals surface area contributed by atoms with E-state index < -0.39 is 5.97 Å². The van der Waals surface area contributed by atoms with Crippen LogP contribution in [0.2, 0.25) is 0 Å². The summed E-state index contributed by atoms with van der Waals surface area (Å²) in [5.74, 6) is -0.242. The largest absolute Gasteiger partial charge is 0.478 e. The molecule has 1 heterocycles. The average molecular weight is 284 g/mol. The van der Waals surface area contributed by atoms with E-state index in [1.165, 1.54) is 0 Å². The SMILES string of the molecule is CCc1cc(C(=O)O)cc(N(CC)c2cccc(C)c2)n1. The van der Waals surface area contributed by atoms with Gasteiger partial charge in [0.15, 0.2) is 0 Å². The van der Waals surface area contributed by atoms with E-state index in [0.717, 1.165) is 23.5 Å². The molecule has 0 aliphatic rings. The summed E-state index contributed by atoms with van der Waals surface area (Å²) in [6.45, 7) is 6.77. The van der Waals surface area contributed by atoms with Crippen molar-refractivity contribution in [2.45, 2.75) is 27.2 Å². The molecule has 0 atom stereocenters. The van der Waals surface area contributed by atoms with Crippen molar-refractivity contribution in [3.05, 3.63) is 53.2 Å². The number of hydrogen-bond acceptors (Lipinski definition) is 3. The van der Waals surface area contributed by atoms with Crippen LogP contribution < -0.4 is 4.90 Å². The van der Waals surface area contributed by atoms with E-state index in [1.54, 1.807) is 12.1 Å². The number of pyridine rings is 1. The number of carboxylic acids is 1. The van der Waals surface area contributed by atoms with Gasteiger partial charge in [-0.25, -0.2) is 9.78 Å². The molecule has 0 amide bonds. The molecule has 0 spiro atoms. The number of benzene rings is 1. The fourth-order valence-corrected chi connectivity index (χ4v) is 2.29. The molecule has 4 nitrogen and oxygen atoms in total. The predicted molar refractivity (Wildman–Crippen MR) is 84.4 cm³/mol. The molecule has 0 fully saturated rings. The van der Waals surface area contributed by atoms with Gasteiger partial charge in [0.1, 0.15) is 5.82 Å². The first-order chi connectivity index (χ1) is 10.0. The zero-order valence-electron chi connectivity index (χ0n) is 12.6. The van der Waals surface area contributed by atoms with Crippen LogP contribution in [0.4, 0.5) is 11.5 Å². The van der Waals surface area contributed by atoms with Crippen LogP contribution in [0.25, 0.3) is 0 Å². The molecule has 2 rings (SSSR count). The number of aryl methyl sites for hydroxylation is 2. The monoisotopic (exact) mass is 284 g/mol. The zero-order valence-corrected chi connectivity index (χ0v) is 12.6. The molecule has 0 aliphatic heterocycles. The molecule has 21 heavy (non-hydrogen) atoms. The first kappa shape index (κ1) is 15.0. The Morgan fingerprint density at radius 2 is 2.00 bits per heavy atom. The lowest BCUT2D eigenvalue weighted by Gasteiger charge is -2.23. The van der Waals surface area contributed by atoms with Crippen LogP contribution in [0, 0.1) is 6.92 Å². The van der Waals surface area contributed by atoms with Crippen molar-refractivity contribution in [2.24, 2.45) is 0 Å². The number of carboxylic acid groups (broad SMARTS) is 1. The highest BCUT2D eigenvalue weighted by molar-refractivity contribution is 5.89. The second-order valence-corrected chi connectivity index (χ2v) is 4.95. The van der Waals surface area contributed by atoms with Gasteiger partial charge in [0, 0.05) is 17.9 Å². The predicted octanol–water partition coefficient (Wildman–Crippen LogP) is 3.81. The minimum atomic E-state index is -0.923. The number of carbonyl (C=O) groups is 1. The molecule has 110 valence electrons. The van der Waals surface area contributed by atoms with Crippen molar-refractivity contribution in [3.63, 3.8) is 0 Å². The van der Waals surface area contributed by atoms with Crippen molar-refractivity contribution in [1.82, 2.24) is 4.98 Å². The molecule has 1 aromatic heterocycles. The van der Waals surface area contributed by atoms with Crippen molar-refractivity contribution < 1.29 is 9.90 Å². The van der Waals surface area contributed by atoms with Gasteiger partial charge in [-0.05, 0) is 50.1 Å². The quantitative estimate of drug-likeness (QED) is 0.907. The molecule has 0 unspecified atom stereocenters. The second kappa shape index (κ2) is 6.39. The molecular weight excluding hydrogens is 264 g/mol. The molecule has 1 N–H and O–H groups in total. The Bertz CT molecular complexity index is 653. The summed E-state index contributed by atoms with van der Waals surface area (Å²) in [5, 5.41) is 9.25. The Morgan fingerprint density at radius 3 is 2.57 bits per heavy atom. The topological polar surface area (TPSA) is 53.4 Å². The minimum Gasteiger partial charge on any atom is -0.478 e. The second-order valence-electron chi connectivity index (χ2n) is 4.95. The maximum Gasteiger partial charge on any atom is 0.335 e. The van der Waals surface area contributed by atoms with Gasteiger partial charge in [-0.3, -0.25) is 0 Å². The van der Waals surface area contributed by atoms with Crippen molar-refractivity contribution >= 4 is 17.5 Å². The smallest absolute Gasteiger partial charge is 0.335 e. The number of aromatic nitrogens is 1. The van der Waals surface area contributed by atoms with Crippen molar-refractivity contribution in [1.29, 1.82) is 0 Å². The molecule has 2 aromatic rings. The highest BCUT2D eigenvalue weighted by Crippen LogP contribution is 2.25. The van der Waals surface area contributed by atoms with Crippen LogP contribution in [0.1, 0.15) is 35.5 Å². The van der Waals surface area contributed by atoms with E-state index in [4.69, 9.17) is 0 Å². The number of rotatable bonds is 5. The Labute approximate surface area is 125 Å². The van der Waals surface area contributed by atoms with Crippen LogP contribution >= 0.6 is 0 Å². The third kappa shape index (κ3) is 3.40. The Balaban J connectivity index is 2.51. The zero-order chi connectivity index (χ0) is 15.4. The van der Waals surface area contributed by atoms with Crippen LogP contribution in [0.3, 0.4) is 0 Å². The fourth-order valence-electron chi connectivity index (χ4n) is 2.29. The number of nitrogens with zero attached hydrogens (tertiary/aromatic N) is 2. The maximum absolute atomic E-state index is 11.3. The Kier molecular flexibility index (Phi) is 4.58. The molecular formula is C17H20N2O2. The maximum atomic E-state index is 11.3. The summed E-state index contributed by atoms with van der Waals surface area (Å²) in [5.41, 5.74) is 3.25. The average Bonchev–Trinajstić information content (AvgIpc) is 2.47. The van der Waals surface area contributed by atoms with E-state index in [2.05, 4.69) is 11.1 Å².